The number of fused-ring (bicyclic) bond motifs is 1. The molecule has 3 rings (SSSR count). The molecule has 20 heavy (non-hydrogen) atoms. The van der Waals surface area contributed by atoms with E-state index in [1.54, 1.807) is 17.5 Å². The fourth-order valence-corrected chi connectivity index (χ4v) is 2.71. The Hall–Kier alpha value is -2.41. The standard InChI is InChI=1S/C13H11N3O3S/c1-7-14-10-3-2-8(12(17)18)4-11(10)16(7)5-9-6-20-13(19)15-9/h2-4,6H,5H2,1H3,(H,15,19)(H,17,18). The Morgan fingerprint density at radius 3 is 2.95 bits per heavy atom. The molecule has 0 saturated carbocycles. The predicted octanol–water partition coefficient (Wildman–Crippen LogP) is 1.84. The Balaban J connectivity index is 2.13. The third kappa shape index (κ3) is 2.12. The average Bonchev–Trinajstić information content (AvgIpc) is 2.94. The zero-order chi connectivity index (χ0) is 14.3. The first kappa shape index (κ1) is 12.6. The van der Waals surface area contributed by atoms with E-state index in [-0.39, 0.29) is 10.4 Å². The number of nitrogens with zero attached hydrogens (tertiary/aromatic N) is 2. The number of hydrogen-bond donors (Lipinski definition) is 2. The summed E-state index contributed by atoms with van der Waals surface area (Å²) in [7, 11) is 0. The summed E-state index contributed by atoms with van der Waals surface area (Å²) in [6.45, 7) is 2.31. The normalized spacial score (nSPS) is 11.1. The fraction of sp³-hybridized carbons (Fsp3) is 0.154. The first-order chi connectivity index (χ1) is 9.54. The summed E-state index contributed by atoms with van der Waals surface area (Å²) in [5, 5.41) is 10.8. The van der Waals surface area contributed by atoms with Gasteiger partial charge in [0.05, 0.1) is 23.1 Å². The van der Waals surface area contributed by atoms with Crippen molar-refractivity contribution in [1.82, 2.24) is 14.5 Å². The SMILES string of the molecule is Cc1nc2ccc(C(=O)O)cc2n1Cc1csc(=O)[nH]1. The molecule has 102 valence electrons. The number of carboxylic acids is 1. The van der Waals surface area contributed by atoms with Gasteiger partial charge in [0.1, 0.15) is 5.82 Å². The van der Waals surface area contributed by atoms with Crippen LogP contribution in [0.25, 0.3) is 11.0 Å². The number of nitrogens with one attached hydrogen (secondary N) is 1. The van der Waals surface area contributed by atoms with Crippen molar-refractivity contribution in [3.05, 3.63) is 50.3 Å². The maximum absolute atomic E-state index is 11.2. The molecule has 3 aromatic rings. The Morgan fingerprint density at radius 1 is 1.50 bits per heavy atom. The molecular formula is C13H11N3O3S. The van der Waals surface area contributed by atoms with Crippen molar-refractivity contribution < 1.29 is 9.90 Å². The van der Waals surface area contributed by atoms with Crippen LogP contribution in [0.3, 0.4) is 0 Å². The highest BCUT2D eigenvalue weighted by Gasteiger charge is 2.11. The van der Waals surface area contributed by atoms with Gasteiger partial charge in [-0.2, -0.15) is 0 Å². The molecule has 0 fully saturated rings. The molecule has 0 atom stereocenters. The third-order valence-corrected chi connectivity index (χ3v) is 3.80. The van der Waals surface area contributed by atoms with Crippen LogP contribution < -0.4 is 4.87 Å². The van der Waals surface area contributed by atoms with Gasteiger partial charge in [-0.05, 0) is 25.1 Å². The quantitative estimate of drug-likeness (QED) is 0.770. The first-order valence-electron chi connectivity index (χ1n) is 5.91. The highest BCUT2D eigenvalue weighted by molar-refractivity contribution is 7.07. The number of aromatic nitrogens is 3. The third-order valence-electron chi connectivity index (χ3n) is 3.09. The summed E-state index contributed by atoms with van der Waals surface area (Å²) in [5.41, 5.74) is 2.49. The zero-order valence-corrected chi connectivity index (χ0v) is 11.4. The lowest BCUT2D eigenvalue weighted by Gasteiger charge is -2.05. The maximum atomic E-state index is 11.2. The van der Waals surface area contributed by atoms with Gasteiger partial charge in [0.2, 0.25) is 0 Å². The van der Waals surface area contributed by atoms with E-state index >= 15 is 0 Å². The van der Waals surface area contributed by atoms with Crippen molar-refractivity contribution in [2.24, 2.45) is 0 Å². The Morgan fingerprint density at radius 2 is 2.30 bits per heavy atom. The van der Waals surface area contributed by atoms with Crippen LogP contribution in [0.15, 0.2) is 28.4 Å². The number of aromatic amines is 1. The molecule has 1 aromatic carbocycles. The number of thiazole rings is 1. The molecule has 0 aliphatic carbocycles. The number of rotatable bonds is 3. The van der Waals surface area contributed by atoms with Gasteiger partial charge in [0.25, 0.3) is 0 Å². The molecule has 2 heterocycles. The van der Waals surface area contributed by atoms with E-state index in [4.69, 9.17) is 5.11 Å². The second kappa shape index (κ2) is 4.61. The van der Waals surface area contributed by atoms with Crippen LogP contribution in [0.2, 0.25) is 0 Å². The smallest absolute Gasteiger partial charge is 0.335 e. The van der Waals surface area contributed by atoms with Crippen molar-refractivity contribution in [3.63, 3.8) is 0 Å². The lowest BCUT2D eigenvalue weighted by atomic mass is 10.2. The minimum Gasteiger partial charge on any atom is -0.478 e. The van der Waals surface area contributed by atoms with Crippen LogP contribution in [0, 0.1) is 6.92 Å². The number of imidazole rings is 1. The van der Waals surface area contributed by atoms with Crippen LogP contribution in [0.5, 0.6) is 0 Å². The Labute approximate surface area is 117 Å². The molecular weight excluding hydrogens is 278 g/mol. The van der Waals surface area contributed by atoms with E-state index in [1.165, 1.54) is 6.07 Å². The molecule has 0 saturated heterocycles. The van der Waals surface area contributed by atoms with Crippen LogP contribution in [0.4, 0.5) is 0 Å². The predicted molar refractivity (Wildman–Crippen MR) is 75.5 cm³/mol. The maximum Gasteiger partial charge on any atom is 0.335 e. The summed E-state index contributed by atoms with van der Waals surface area (Å²) in [4.78, 5) is 29.3. The highest BCUT2D eigenvalue weighted by atomic mass is 32.1. The Kier molecular flexibility index (Phi) is 2.90. The second-order valence-corrected chi connectivity index (χ2v) is 5.27. The van der Waals surface area contributed by atoms with Crippen molar-refractivity contribution in [2.45, 2.75) is 13.5 Å². The molecule has 0 bridgehead atoms. The number of hydrogen-bond acceptors (Lipinski definition) is 4. The van der Waals surface area contributed by atoms with Crippen molar-refractivity contribution in [1.29, 1.82) is 0 Å². The molecule has 2 aromatic heterocycles. The van der Waals surface area contributed by atoms with Crippen LogP contribution >= 0.6 is 11.3 Å². The highest BCUT2D eigenvalue weighted by Crippen LogP contribution is 2.19. The molecule has 7 heteroatoms. The van der Waals surface area contributed by atoms with Gasteiger partial charge in [-0.15, -0.1) is 0 Å². The zero-order valence-electron chi connectivity index (χ0n) is 10.6. The number of carbonyl (C=O) groups is 1. The van der Waals surface area contributed by atoms with Crippen LogP contribution in [0.1, 0.15) is 21.9 Å². The molecule has 2 N–H and O–H groups in total. The minimum absolute atomic E-state index is 0.103. The average molecular weight is 289 g/mol. The van der Waals surface area contributed by atoms with Gasteiger partial charge in [-0.1, -0.05) is 11.3 Å². The van der Waals surface area contributed by atoms with Gasteiger partial charge in [0.15, 0.2) is 0 Å². The van der Waals surface area contributed by atoms with E-state index in [9.17, 15) is 9.59 Å². The van der Waals surface area contributed by atoms with Gasteiger partial charge in [-0.3, -0.25) is 4.79 Å². The minimum atomic E-state index is -0.971. The number of aromatic carboxylic acids is 1. The van der Waals surface area contributed by atoms with Crippen molar-refractivity contribution in [3.8, 4) is 0 Å². The van der Waals surface area contributed by atoms with Crippen LogP contribution in [-0.2, 0) is 6.54 Å². The molecule has 0 radical (unpaired) electrons. The van der Waals surface area contributed by atoms with Gasteiger partial charge >= 0.3 is 10.8 Å². The lowest BCUT2D eigenvalue weighted by molar-refractivity contribution is 0.0697. The van der Waals surface area contributed by atoms with Crippen molar-refractivity contribution >= 4 is 28.3 Å². The topological polar surface area (TPSA) is 88.0 Å². The first-order valence-corrected chi connectivity index (χ1v) is 6.79. The summed E-state index contributed by atoms with van der Waals surface area (Å²) in [6, 6.07) is 4.83. The fourth-order valence-electron chi connectivity index (χ4n) is 2.14. The monoisotopic (exact) mass is 289 g/mol. The number of H-pyrrole nitrogens is 1. The van der Waals surface area contributed by atoms with E-state index < -0.39 is 5.97 Å². The molecule has 0 aliphatic rings. The number of carboxylic acid groups (broad SMARTS) is 1. The molecule has 6 nitrogen and oxygen atoms in total. The van der Waals surface area contributed by atoms with Gasteiger partial charge < -0.3 is 14.7 Å². The summed E-state index contributed by atoms with van der Waals surface area (Å²) in [5.74, 6) is -0.198. The molecule has 0 unspecified atom stereocenters. The van der Waals surface area contributed by atoms with E-state index in [1.807, 2.05) is 11.5 Å². The van der Waals surface area contributed by atoms with E-state index in [0.717, 1.165) is 33.9 Å². The van der Waals surface area contributed by atoms with Gasteiger partial charge in [0, 0.05) is 11.1 Å². The van der Waals surface area contributed by atoms with E-state index in [0.29, 0.717) is 6.54 Å². The number of benzene rings is 1. The summed E-state index contributed by atoms with van der Waals surface area (Å²) in [6.07, 6.45) is 0. The van der Waals surface area contributed by atoms with Crippen molar-refractivity contribution in [2.75, 3.05) is 0 Å². The molecule has 0 aliphatic heterocycles. The molecule has 0 amide bonds. The lowest BCUT2D eigenvalue weighted by Crippen LogP contribution is -2.05. The Bertz CT molecular complexity index is 859. The molecule has 0 spiro atoms. The number of aryl methyl sites for hydroxylation is 1. The summed E-state index contributed by atoms with van der Waals surface area (Å²) < 4.78 is 1.89. The van der Waals surface area contributed by atoms with Gasteiger partial charge in [-0.25, -0.2) is 9.78 Å². The van der Waals surface area contributed by atoms with Crippen LogP contribution in [-0.4, -0.2) is 25.6 Å². The summed E-state index contributed by atoms with van der Waals surface area (Å²) >= 11 is 1.11. The largest absolute Gasteiger partial charge is 0.478 e. The second-order valence-electron chi connectivity index (χ2n) is 4.43. The van der Waals surface area contributed by atoms with E-state index in [2.05, 4.69) is 9.97 Å².